The second-order valence-electron chi connectivity index (χ2n) is 6.25. The maximum atomic E-state index is 13.8. The minimum atomic E-state index is -0.772. The Bertz CT molecular complexity index is 1040. The third-order valence-electron chi connectivity index (χ3n) is 4.14. The Kier molecular flexibility index (Phi) is 5.63. The van der Waals surface area contributed by atoms with Gasteiger partial charge in [0, 0.05) is 10.9 Å². The first-order chi connectivity index (χ1) is 13.4. The quantitative estimate of drug-likeness (QED) is 0.637. The van der Waals surface area contributed by atoms with Crippen LogP contribution < -0.4 is 10.1 Å². The normalized spacial score (nSPS) is 10.7. The lowest BCUT2D eigenvalue weighted by Crippen LogP contribution is -2.21. The van der Waals surface area contributed by atoms with Gasteiger partial charge in [-0.15, -0.1) is 0 Å². The zero-order valence-electron chi connectivity index (χ0n) is 15.8. The van der Waals surface area contributed by atoms with Crippen molar-refractivity contribution in [1.29, 1.82) is 0 Å². The van der Waals surface area contributed by atoms with Crippen molar-refractivity contribution in [3.8, 4) is 5.75 Å². The summed E-state index contributed by atoms with van der Waals surface area (Å²) in [6.45, 7) is 5.30. The van der Waals surface area contributed by atoms with Crippen molar-refractivity contribution in [1.82, 2.24) is 0 Å². The summed E-state index contributed by atoms with van der Waals surface area (Å²) >= 11 is 0. The number of anilines is 1. The zero-order valence-corrected chi connectivity index (χ0v) is 15.8. The number of halogens is 1. The first-order valence-corrected chi connectivity index (χ1v) is 8.78. The predicted molar refractivity (Wildman–Crippen MR) is 102 cm³/mol. The van der Waals surface area contributed by atoms with Crippen LogP contribution in [0.5, 0.6) is 5.75 Å². The summed E-state index contributed by atoms with van der Waals surface area (Å²) in [6, 6.07) is 9.64. The highest BCUT2D eigenvalue weighted by Gasteiger charge is 2.20. The summed E-state index contributed by atoms with van der Waals surface area (Å²) in [5.41, 5.74) is 1.86. The predicted octanol–water partition coefficient (Wildman–Crippen LogP) is 4.38. The van der Waals surface area contributed by atoms with Crippen molar-refractivity contribution in [3.05, 3.63) is 59.1 Å². The molecule has 0 aliphatic heterocycles. The largest absolute Gasteiger partial charge is 0.494 e. The van der Waals surface area contributed by atoms with Crippen LogP contribution >= 0.6 is 0 Å². The number of hydrogen-bond acceptors (Lipinski definition) is 5. The van der Waals surface area contributed by atoms with E-state index in [2.05, 4.69) is 5.32 Å². The summed E-state index contributed by atoms with van der Waals surface area (Å²) in [6.07, 6.45) is 0. The first-order valence-electron chi connectivity index (χ1n) is 8.78. The van der Waals surface area contributed by atoms with E-state index in [-0.39, 0.29) is 11.4 Å². The van der Waals surface area contributed by atoms with E-state index in [1.807, 2.05) is 6.92 Å². The molecule has 1 heterocycles. The van der Waals surface area contributed by atoms with Gasteiger partial charge in [-0.3, -0.25) is 4.79 Å². The number of carbonyl (C=O) groups excluding carboxylic acids is 2. The Morgan fingerprint density at radius 1 is 1.14 bits per heavy atom. The van der Waals surface area contributed by atoms with Crippen molar-refractivity contribution < 1.29 is 27.9 Å². The zero-order chi connectivity index (χ0) is 20.3. The molecule has 6 nitrogen and oxygen atoms in total. The van der Waals surface area contributed by atoms with Crippen LogP contribution in [0.3, 0.4) is 0 Å². The molecule has 0 saturated carbocycles. The van der Waals surface area contributed by atoms with Gasteiger partial charge in [-0.25, -0.2) is 9.18 Å². The van der Waals surface area contributed by atoms with E-state index in [1.54, 1.807) is 38.1 Å². The highest BCUT2D eigenvalue weighted by molar-refractivity contribution is 5.98. The lowest BCUT2D eigenvalue weighted by Gasteiger charge is -2.07. The van der Waals surface area contributed by atoms with E-state index in [4.69, 9.17) is 13.9 Å². The van der Waals surface area contributed by atoms with Crippen LogP contribution in [0.1, 0.15) is 28.6 Å². The average molecular weight is 385 g/mol. The maximum Gasteiger partial charge on any atom is 0.375 e. The number of fused-ring (bicyclic) bond motifs is 1. The molecule has 0 saturated heterocycles. The molecule has 0 aliphatic rings. The summed E-state index contributed by atoms with van der Waals surface area (Å²) in [7, 11) is 0. The molecule has 0 fully saturated rings. The second-order valence-corrected chi connectivity index (χ2v) is 6.25. The summed E-state index contributed by atoms with van der Waals surface area (Å²) < 4.78 is 29.8. The van der Waals surface area contributed by atoms with Crippen LogP contribution in [0, 0.1) is 19.7 Å². The fourth-order valence-electron chi connectivity index (χ4n) is 2.76. The topological polar surface area (TPSA) is 77.8 Å². The van der Waals surface area contributed by atoms with Crippen LogP contribution in [0.25, 0.3) is 11.0 Å². The smallest absolute Gasteiger partial charge is 0.375 e. The van der Waals surface area contributed by atoms with Crippen molar-refractivity contribution >= 4 is 28.5 Å². The summed E-state index contributed by atoms with van der Waals surface area (Å²) in [4.78, 5) is 24.3. The highest BCUT2D eigenvalue weighted by Crippen LogP contribution is 2.29. The van der Waals surface area contributed by atoms with Gasteiger partial charge in [-0.1, -0.05) is 6.07 Å². The van der Waals surface area contributed by atoms with Crippen molar-refractivity contribution in [3.63, 3.8) is 0 Å². The molecular weight excluding hydrogens is 365 g/mol. The number of ether oxygens (including phenoxy) is 2. The van der Waals surface area contributed by atoms with Crippen molar-refractivity contribution in [2.45, 2.75) is 20.8 Å². The van der Waals surface area contributed by atoms with Gasteiger partial charge in [0.2, 0.25) is 5.76 Å². The average Bonchev–Trinajstić information content (AvgIpc) is 2.99. The number of hydrogen-bond donors (Lipinski definition) is 1. The molecule has 1 N–H and O–H groups in total. The Morgan fingerprint density at radius 2 is 1.93 bits per heavy atom. The van der Waals surface area contributed by atoms with E-state index in [0.29, 0.717) is 23.5 Å². The Morgan fingerprint density at radius 3 is 2.64 bits per heavy atom. The molecule has 1 amide bonds. The molecule has 0 spiro atoms. The van der Waals surface area contributed by atoms with Crippen LogP contribution in [-0.4, -0.2) is 25.1 Å². The van der Waals surface area contributed by atoms with E-state index in [1.165, 1.54) is 12.1 Å². The fraction of sp³-hybridized carbons (Fsp3) is 0.238. The number of carbonyl (C=O) groups is 2. The molecule has 3 aromatic rings. The van der Waals surface area contributed by atoms with E-state index in [0.717, 1.165) is 10.9 Å². The highest BCUT2D eigenvalue weighted by atomic mass is 19.1. The standard InChI is InChI=1S/C21H20FNO5/c1-4-26-14-6-8-18-15(10-14)13(3)20(28-18)21(25)27-11-19(24)23-17-7-5-12(2)9-16(17)22/h5-10H,4,11H2,1-3H3,(H,23,24). The first kappa shape index (κ1) is 19.4. The third kappa shape index (κ3) is 4.14. The molecule has 146 valence electrons. The Balaban J connectivity index is 1.67. The van der Waals surface area contributed by atoms with Gasteiger partial charge < -0.3 is 19.2 Å². The molecule has 7 heteroatoms. The molecule has 28 heavy (non-hydrogen) atoms. The van der Waals surface area contributed by atoms with Gasteiger partial charge >= 0.3 is 5.97 Å². The van der Waals surface area contributed by atoms with Gasteiger partial charge in [0.05, 0.1) is 12.3 Å². The number of furan rings is 1. The number of nitrogens with one attached hydrogen (secondary N) is 1. The van der Waals surface area contributed by atoms with E-state index >= 15 is 0 Å². The molecule has 0 unspecified atom stereocenters. The number of aryl methyl sites for hydroxylation is 2. The molecule has 2 aromatic carbocycles. The van der Waals surface area contributed by atoms with Crippen LogP contribution in [-0.2, 0) is 9.53 Å². The molecule has 3 rings (SSSR count). The van der Waals surface area contributed by atoms with Gasteiger partial charge in [0.1, 0.15) is 17.1 Å². The van der Waals surface area contributed by atoms with Gasteiger partial charge in [0.25, 0.3) is 5.91 Å². The van der Waals surface area contributed by atoms with E-state index < -0.39 is 24.3 Å². The molecular formula is C21H20FNO5. The monoisotopic (exact) mass is 385 g/mol. The molecule has 1 aromatic heterocycles. The van der Waals surface area contributed by atoms with Gasteiger partial charge in [-0.2, -0.15) is 0 Å². The van der Waals surface area contributed by atoms with Gasteiger partial charge in [0.15, 0.2) is 6.61 Å². The lowest BCUT2D eigenvalue weighted by molar-refractivity contribution is -0.119. The van der Waals surface area contributed by atoms with Crippen LogP contribution in [0.4, 0.5) is 10.1 Å². The minimum absolute atomic E-state index is 0.0120. The Hall–Kier alpha value is -3.35. The molecule has 0 bridgehead atoms. The molecule has 0 radical (unpaired) electrons. The minimum Gasteiger partial charge on any atom is -0.494 e. The number of benzene rings is 2. The number of esters is 1. The molecule has 0 aliphatic carbocycles. The fourth-order valence-corrected chi connectivity index (χ4v) is 2.76. The van der Waals surface area contributed by atoms with E-state index in [9.17, 15) is 14.0 Å². The summed E-state index contributed by atoms with van der Waals surface area (Å²) in [5.74, 6) is -1.30. The lowest BCUT2D eigenvalue weighted by atomic mass is 10.1. The summed E-state index contributed by atoms with van der Waals surface area (Å²) in [5, 5.41) is 3.09. The second kappa shape index (κ2) is 8.12. The van der Waals surface area contributed by atoms with Crippen molar-refractivity contribution in [2.24, 2.45) is 0 Å². The van der Waals surface area contributed by atoms with Crippen molar-refractivity contribution in [2.75, 3.05) is 18.5 Å². The third-order valence-corrected chi connectivity index (χ3v) is 4.14. The number of rotatable bonds is 6. The molecule has 0 atom stereocenters. The van der Waals surface area contributed by atoms with Crippen LogP contribution in [0.15, 0.2) is 40.8 Å². The Labute approximate surface area is 161 Å². The SMILES string of the molecule is CCOc1ccc2oc(C(=O)OCC(=O)Nc3ccc(C)cc3F)c(C)c2c1. The number of amides is 1. The van der Waals surface area contributed by atoms with Gasteiger partial charge in [-0.05, 0) is 56.7 Å². The van der Waals surface area contributed by atoms with Crippen LogP contribution in [0.2, 0.25) is 0 Å². The maximum absolute atomic E-state index is 13.8.